The number of benzene rings is 1. The molecular weight excluding hydrogens is 251 g/mol. The first kappa shape index (κ1) is 12.3. The molecule has 0 saturated carbocycles. The lowest BCUT2D eigenvalue weighted by atomic mass is 10.1. The molecule has 1 unspecified atom stereocenters. The number of carbonyl (C=O) groups is 1. The maximum Gasteiger partial charge on any atom is 0.416 e. The zero-order valence-corrected chi connectivity index (χ0v) is 9.57. The van der Waals surface area contributed by atoms with Crippen LogP contribution in [0.15, 0.2) is 24.3 Å². The summed E-state index contributed by atoms with van der Waals surface area (Å²) in [5, 5.41) is 2.75. The Morgan fingerprint density at radius 3 is 2.41 bits per heavy atom. The molecule has 92 valence electrons. The highest BCUT2D eigenvalue weighted by Crippen LogP contribution is 2.30. The van der Waals surface area contributed by atoms with Crippen LogP contribution in [0.2, 0.25) is 0 Å². The van der Waals surface area contributed by atoms with Crippen LogP contribution in [0.4, 0.5) is 13.2 Å². The van der Waals surface area contributed by atoms with Gasteiger partial charge in [-0.1, -0.05) is 12.1 Å². The first-order valence-electron chi connectivity index (χ1n) is 5.01. The summed E-state index contributed by atoms with van der Waals surface area (Å²) in [5.41, 5.74) is 0.0367. The van der Waals surface area contributed by atoms with Gasteiger partial charge in [-0.25, -0.2) is 0 Å². The average Bonchev–Trinajstić information content (AvgIpc) is 2.28. The van der Waals surface area contributed by atoms with E-state index in [2.05, 4.69) is 5.32 Å². The van der Waals surface area contributed by atoms with Crippen molar-refractivity contribution in [3.05, 3.63) is 35.4 Å². The lowest BCUT2D eigenvalue weighted by molar-refractivity contribution is -0.137. The molecule has 0 aliphatic carbocycles. The SMILES string of the molecule is O=C1CSCC(c2ccc(C(F)(F)F)cc2)N1. The van der Waals surface area contributed by atoms with Gasteiger partial charge in [-0.05, 0) is 17.7 Å². The van der Waals surface area contributed by atoms with Crippen LogP contribution in [0.25, 0.3) is 0 Å². The summed E-state index contributed by atoms with van der Waals surface area (Å²) < 4.78 is 37.1. The number of halogens is 3. The molecule has 0 radical (unpaired) electrons. The number of carbonyl (C=O) groups excluding carboxylic acids is 1. The van der Waals surface area contributed by atoms with Gasteiger partial charge in [-0.3, -0.25) is 4.79 Å². The summed E-state index contributed by atoms with van der Waals surface area (Å²) in [4.78, 5) is 11.2. The third-order valence-corrected chi connectivity index (χ3v) is 3.53. The Morgan fingerprint density at radius 2 is 1.88 bits per heavy atom. The Morgan fingerprint density at radius 1 is 1.24 bits per heavy atom. The van der Waals surface area contributed by atoms with Crippen molar-refractivity contribution in [3.8, 4) is 0 Å². The molecule has 0 aromatic heterocycles. The predicted molar refractivity (Wildman–Crippen MR) is 59.7 cm³/mol. The van der Waals surface area contributed by atoms with Crippen LogP contribution in [0.3, 0.4) is 0 Å². The number of amides is 1. The van der Waals surface area contributed by atoms with Crippen LogP contribution in [-0.4, -0.2) is 17.4 Å². The van der Waals surface area contributed by atoms with Crippen molar-refractivity contribution in [1.29, 1.82) is 0 Å². The molecule has 1 aromatic carbocycles. The van der Waals surface area contributed by atoms with Crippen LogP contribution < -0.4 is 5.32 Å². The summed E-state index contributed by atoms with van der Waals surface area (Å²) in [6.45, 7) is 0. The Bertz CT molecular complexity index is 416. The zero-order chi connectivity index (χ0) is 12.5. The average molecular weight is 261 g/mol. The lowest BCUT2D eigenvalue weighted by Gasteiger charge is -2.23. The van der Waals surface area contributed by atoms with Crippen molar-refractivity contribution >= 4 is 17.7 Å². The van der Waals surface area contributed by atoms with Crippen molar-refractivity contribution in [2.45, 2.75) is 12.2 Å². The second-order valence-corrected chi connectivity index (χ2v) is 4.79. The number of alkyl halides is 3. The Kier molecular flexibility index (Phi) is 3.33. The van der Waals surface area contributed by atoms with Gasteiger partial charge in [0.2, 0.25) is 5.91 Å². The summed E-state index contributed by atoms with van der Waals surface area (Å²) in [5.74, 6) is 1.03. The van der Waals surface area contributed by atoms with E-state index in [1.54, 1.807) is 0 Å². The van der Waals surface area contributed by atoms with Gasteiger partial charge in [-0.15, -0.1) is 11.8 Å². The fourth-order valence-corrected chi connectivity index (χ4v) is 2.53. The van der Waals surface area contributed by atoms with Crippen LogP contribution in [0.5, 0.6) is 0 Å². The molecule has 1 aliphatic rings. The highest BCUT2D eigenvalue weighted by molar-refractivity contribution is 8.00. The summed E-state index contributed by atoms with van der Waals surface area (Å²) in [7, 11) is 0. The molecule has 1 aliphatic heterocycles. The highest BCUT2D eigenvalue weighted by atomic mass is 32.2. The molecule has 17 heavy (non-hydrogen) atoms. The normalized spacial score (nSPS) is 21.1. The Balaban J connectivity index is 2.15. The topological polar surface area (TPSA) is 29.1 Å². The van der Waals surface area contributed by atoms with Crippen molar-refractivity contribution in [2.24, 2.45) is 0 Å². The van der Waals surface area contributed by atoms with Gasteiger partial charge in [0.1, 0.15) is 0 Å². The van der Waals surface area contributed by atoms with Gasteiger partial charge in [0.05, 0.1) is 17.4 Å². The first-order valence-corrected chi connectivity index (χ1v) is 6.16. The first-order chi connectivity index (χ1) is 7.97. The van der Waals surface area contributed by atoms with E-state index in [0.717, 1.165) is 12.1 Å². The maximum absolute atomic E-state index is 12.4. The van der Waals surface area contributed by atoms with Gasteiger partial charge in [-0.2, -0.15) is 13.2 Å². The molecule has 0 spiro atoms. The predicted octanol–water partition coefficient (Wildman–Crippen LogP) is 2.61. The van der Waals surface area contributed by atoms with Crippen LogP contribution in [0.1, 0.15) is 17.2 Å². The molecular formula is C11H10F3NOS. The van der Waals surface area contributed by atoms with E-state index in [1.807, 2.05) is 0 Å². The van der Waals surface area contributed by atoms with Crippen LogP contribution in [0, 0.1) is 0 Å². The lowest BCUT2D eigenvalue weighted by Crippen LogP contribution is -2.35. The fourth-order valence-electron chi connectivity index (χ4n) is 1.63. The molecule has 1 atom stereocenters. The van der Waals surface area contributed by atoms with E-state index in [4.69, 9.17) is 0 Å². The van der Waals surface area contributed by atoms with Gasteiger partial charge >= 0.3 is 6.18 Å². The maximum atomic E-state index is 12.4. The molecule has 2 rings (SSSR count). The summed E-state index contributed by atoms with van der Waals surface area (Å²) >= 11 is 1.48. The van der Waals surface area contributed by atoms with Crippen LogP contribution in [-0.2, 0) is 11.0 Å². The second-order valence-electron chi connectivity index (χ2n) is 3.75. The number of nitrogens with one attached hydrogen (secondary N) is 1. The van der Waals surface area contributed by atoms with Crippen molar-refractivity contribution in [3.63, 3.8) is 0 Å². The van der Waals surface area contributed by atoms with E-state index >= 15 is 0 Å². The van der Waals surface area contributed by atoms with Crippen molar-refractivity contribution in [2.75, 3.05) is 11.5 Å². The number of hydrogen-bond donors (Lipinski definition) is 1. The van der Waals surface area contributed by atoms with Crippen molar-refractivity contribution in [1.82, 2.24) is 5.32 Å². The molecule has 1 saturated heterocycles. The molecule has 1 aromatic rings. The molecule has 0 bridgehead atoms. The van der Waals surface area contributed by atoms with E-state index in [0.29, 0.717) is 17.1 Å². The third-order valence-electron chi connectivity index (χ3n) is 2.49. The van der Waals surface area contributed by atoms with E-state index in [-0.39, 0.29) is 11.9 Å². The fraction of sp³-hybridized carbons (Fsp3) is 0.364. The van der Waals surface area contributed by atoms with Gasteiger partial charge in [0, 0.05) is 5.75 Å². The van der Waals surface area contributed by atoms with E-state index in [1.165, 1.54) is 23.9 Å². The second kappa shape index (κ2) is 4.60. The number of rotatable bonds is 1. The largest absolute Gasteiger partial charge is 0.416 e. The number of thioether (sulfide) groups is 1. The molecule has 2 nitrogen and oxygen atoms in total. The van der Waals surface area contributed by atoms with Crippen LogP contribution >= 0.6 is 11.8 Å². The monoisotopic (exact) mass is 261 g/mol. The van der Waals surface area contributed by atoms with Gasteiger partial charge in [0.25, 0.3) is 0 Å². The number of hydrogen-bond acceptors (Lipinski definition) is 2. The summed E-state index contributed by atoms with van der Waals surface area (Å²) in [6.07, 6.45) is -4.32. The van der Waals surface area contributed by atoms with Crippen molar-refractivity contribution < 1.29 is 18.0 Å². The van der Waals surface area contributed by atoms with E-state index < -0.39 is 11.7 Å². The smallest absolute Gasteiger partial charge is 0.348 e. The minimum atomic E-state index is -4.32. The highest BCUT2D eigenvalue weighted by Gasteiger charge is 2.30. The Labute approximate surface area is 101 Å². The molecule has 1 N–H and O–H groups in total. The van der Waals surface area contributed by atoms with Gasteiger partial charge < -0.3 is 5.32 Å². The standard InChI is InChI=1S/C11H10F3NOS/c12-11(13,14)8-3-1-7(2-4-8)9-5-17-6-10(16)15-9/h1-4,9H,5-6H2,(H,15,16). The zero-order valence-electron chi connectivity index (χ0n) is 8.75. The molecule has 6 heteroatoms. The Hall–Kier alpha value is -1.17. The molecule has 1 fully saturated rings. The minimum Gasteiger partial charge on any atom is -0.348 e. The molecule has 1 heterocycles. The van der Waals surface area contributed by atoms with Gasteiger partial charge in [0.15, 0.2) is 0 Å². The summed E-state index contributed by atoms with van der Waals surface area (Å²) in [6, 6.07) is 4.73. The molecule has 1 amide bonds. The minimum absolute atomic E-state index is 0.0776. The van der Waals surface area contributed by atoms with E-state index in [9.17, 15) is 18.0 Å². The quantitative estimate of drug-likeness (QED) is 0.842. The third kappa shape index (κ3) is 2.94.